The van der Waals surface area contributed by atoms with Gasteiger partial charge in [-0.3, -0.25) is 4.79 Å². The average molecular weight is 282 g/mol. The van der Waals surface area contributed by atoms with E-state index in [2.05, 4.69) is 22.5 Å². The number of halogens is 1. The Bertz CT molecular complexity index is 464. The summed E-state index contributed by atoms with van der Waals surface area (Å²) in [5, 5.41) is 6.26. The molecule has 1 saturated carbocycles. The molecule has 0 aliphatic heterocycles. The summed E-state index contributed by atoms with van der Waals surface area (Å²) in [6.07, 6.45) is 5.17. The molecule has 0 aromatic carbocycles. The number of nitrogens with one attached hydrogen (secondary N) is 2. The Labute approximate surface area is 118 Å². The standard InChI is InChI=1S/C14H20ClN3O/c1-9-3-4-10(5-9)7-18-14(19)11-6-13(16-2)17-8-12(11)15/h6,8-10H,3-5,7H2,1-2H3,(H,16,17)(H,18,19). The van der Waals surface area contributed by atoms with Gasteiger partial charge in [-0.2, -0.15) is 0 Å². The van der Waals surface area contributed by atoms with E-state index in [4.69, 9.17) is 11.6 Å². The van der Waals surface area contributed by atoms with Gasteiger partial charge in [0.1, 0.15) is 5.82 Å². The molecular formula is C14H20ClN3O. The van der Waals surface area contributed by atoms with Crippen LogP contribution in [0.15, 0.2) is 12.3 Å². The summed E-state index contributed by atoms with van der Waals surface area (Å²) in [6.45, 7) is 3.00. The maximum Gasteiger partial charge on any atom is 0.252 e. The Morgan fingerprint density at radius 3 is 2.95 bits per heavy atom. The van der Waals surface area contributed by atoms with Gasteiger partial charge in [0, 0.05) is 19.8 Å². The third-order valence-electron chi connectivity index (χ3n) is 3.71. The fourth-order valence-corrected chi connectivity index (χ4v) is 2.78. The highest BCUT2D eigenvalue weighted by Gasteiger charge is 2.22. The lowest BCUT2D eigenvalue weighted by molar-refractivity contribution is 0.0947. The number of pyridine rings is 1. The van der Waals surface area contributed by atoms with E-state index in [0.717, 1.165) is 12.5 Å². The molecule has 19 heavy (non-hydrogen) atoms. The number of carbonyl (C=O) groups is 1. The summed E-state index contributed by atoms with van der Waals surface area (Å²) in [4.78, 5) is 16.2. The Kier molecular flexibility index (Phi) is 4.64. The van der Waals surface area contributed by atoms with Crippen molar-refractivity contribution < 1.29 is 4.79 Å². The van der Waals surface area contributed by atoms with Crippen LogP contribution in [0.5, 0.6) is 0 Å². The molecular weight excluding hydrogens is 262 g/mol. The van der Waals surface area contributed by atoms with Gasteiger partial charge in [0.25, 0.3) is 5.91 Å². The number of nitrogens with zero attached hydrogens (tertiary/aromatic N) is 1. The SMILES string of the molecule is CNc1cc(C(=O)NCC2CCC(C)C2)c(Cl)cn1. The highest BCUT2D eigenvalue weighted by molar-refractivity contribution is 6.33. The third-order valence-corrected chi connectivity index (χ3v) is 4.01. The van der Waals surface area contributed by atoms with E-state index >= 15 is 0 Å². The maximum absolute atomic E-state index is 12.1. The van der Waals surface area contributed by atoms with Crippen LogP contribution in [0.2, 0.25) is 5.02 Å². The number of aromatic nitrogens is 1. The van der Waals surface area contributed by atoms with Gasteiger partial charge >= 0.3 is 0 Å². The number of amides is 1. The molecule has 104 valence electrons. The second kappa shape index (κ2) is 6.24. The molecule has 1 fully saturated rings. The van der Waals surface area contributed by atoms with E-state index in [0.29, 0.717) is 22.3 Å². The highest BCUT2D eigenvalue weighted by Crippen LogP contribution is 2.29. The topological polar surface area (TPSA) is 54.0 Å². The summed E-state index contributed by atoms with van der Waals surface area (Å²) >= 11 is 6.02. The van der Waals surface area contributed by atoms with E-state index in [9.17, 15) is 4.79 Å². The van der Waals surface area contributed by atoms with Crippen molar-refractivity contribution in [3.8, 4) is 0 Å². The molecule has 0 radical (unpaired) electrons. The molecule has 1 aromatic rings. The van der Waals surface area contributed by atoms with Crippen molar-refractivity contribution in [2.45, 2.75) is 26.2 Å². The predicted molar refractivity (Wildman–Crippen MR) is 77.6 cm³/mol. The van der Waals surface area contributed by atoms with Gasteiger partial charge < -0.3 is 10.6 Å². The molecule has 0 bridgehead atoms. The van der Waals surface area contributed by atoms with Crippen LogP contribution < -0.4 is 10.6 Å². The van der Waals surface area contributed by atoms with Crippen molar-refractivity contribution in [3.63, 3.8) is 0 Å². The molecule has 2 unspecified atom stereocenters. The summed E-state index contributed by atoms with van der Waals surface area (Å²) in [6, 6.07) is 1.68. The molecule has 0 spiro atoms. The summed E-state index contributed by atoms with van der Waals surface area (Å²) in [7, 11) is 1.76. The quantitative estimate of drug-likeness (QED) is 0.892. The smallest absolute Gasteiger partial charge is 0.252 e. The van der Waals surface area contributed by atoms with E-state index in [-0.39, 0.29) is 5.91 Å². The van der Waals surface area contributed by atoms with Gasteiger partial charge in [-0.15, -0.1) is 0 Å². The largest absolute Gasteiger partial charge is 0.373 e. The van der Waals surface area contributed by atoms with Gasteiger partial charge in [-0.05, 0) is 30.7 Å². The fourth-order valence-electron chi connectivity index (χ4n) is 2.59. The van der Waals surface area contributed by atoms with Crippen molar-refractivity contribution >= 4 is 23.3 Å². The van der Waals surface area contributed by atoms with Gasteiger partial charge in [0.05, 0.1) is 10.6 Å². The van der Waals surface area contributed by atoms with E-state index in [1.165, 1.54) is 25.5 Å². The van der Waals surface area contributed by atoms with E-state index in [1.54, 1.807) is 13.1 Å². The van der Waals surface area contributed by atoms with Crippen molar-refractivity contribution in [1.29, 1.82) is 0 Å². The van der Waals surface area contributed by atoms with Crippen LogP contribution in [0.4, 0.5) is 5.82 Å². The zero-order valence-electron chi connectivity index (χ0n) is 11.4. The molecule has 1 heterocycles. The first kappa shape index (κ1) is 14.1. The van der Waals surface area contributed by atoms with Crippen molar-refractivity contribution in [2.75, 3.05) is 18.9 Å². The number of hydrogen-bond acceptors (Lipinski definition) is 3. The molecule has 2 rings (SSSR count). The normalized spacial score (nSPS) is 22.3. The summed E-state index contributed by atoms with van der Waals surface area (Å²) in [5.41, 5.74) is 0.479. The average Bonchev–Trinajstić information content (AvgIpc) is 2.82. The zero-order valence-corrected chi connectivity index (χ0v) is 12.1. The molecule has 4 nitrogen and oxygen atoms in total. The number of hydrogen-bond donors (Lipinski definition) is 2. The number of anilines is 1. The maximum atomic E-state index is 12.1. The lowest BCUT2D eigenvalue weighted by atomic mass is 10.1. The molecule has 2 atom stereocenters. The minimum absolute atomic E-state index is 0.122. The van der Waals surface area contributed by atoms with Gasteiger partial charge in [-0.25, -0.2) is 4.98 Å². The summed E-state index contributed by atoms with van der Waals surface area (Å²) in [5.74, 6) is 1.90. The molecule has 1 amide bonds. The molecule has 1 aromatic heterocycles. The van der Waals surface area contributed by atoms with Crippen molar-refractivity contribution in [1.82, 2.24) is 10.3 Å². The predicted octanol–water partition coefficient (Wildman–Crippen LogP) is 2.94. The Morgan fingerprint density at radius 1 is 1.53 bits per heavy atom. The third kappa shape index (κ3) is 3.60. The molecule has 2 N–H and O–H groups in total. The molecule has 5 heteroatoms. The first-order chi connectivity index (χ1) is 9.10. The summed E-state index contributed by atoms with van der Waals surface area (Å²) < 4.78 is 0. The fraction of sp³-hybridized carbons (Fsp3) is 0.571. The van der Waals surface area contributed by atoms with Crippen LogP contribution in [0.3, 0.4) is 0 Å². The lowest BCUT2D eigenvalue weighted by Gasteiger charge is -2.12. The second-order valence-electron chi connectivity index (χ2n) is 5.29. The molecule has 1 aliphatic rings. The minimum atomic E-state index is -0.122. The number of carbonyl (C=O) groups excluding carboxylic acids is 1. The minimum Gasteiger partial charge on any atom is -0.373 e. The van der Waals surface area contributed by atoms with E-state index < -0.39 is 0 Å². The van der Waals surface area contributed by atoms with Crippen LogP contribution in [0, 0.1) is 11.8 Å². The van der Waals surface area contributed by atoms with Crippen LogP contribution in [0.1, 0.15) is 36.5 Å². The van der Waals surface area contributed by atoms with Crippen LogP contribution >= 0.6 is 11.6 Å². The van der Waals surface area contributed by atoms with Gasteiger partial charge in [0.15, 0.2) is 0 Å². The Morgan fingerprint density at radius 2 is 2.32 bits per heavy atom. The second-order valence-corrected chi connectivity index (χ2v) is 5.70. The molecule has 0 saturated heterocycles. The molecule has 1 aliphatic carbocycles. The Balaban J connectivity index is 1.96. The van der Waals surface area contributed by atoms with Gasteiger partial charge in [-0.1, -0.05) is 24.9 Å². The first-order valence-corrected chi connectivity index (χ1v) is 7.09. The van der Waals surface area contributed by atoms with Gasteiger partial charge in [0.2, 0.25) is 0 Å². The Hall–Kier alpha value is -1.29. The zero-order chi connectivity index (χ0) is 13.8. The van der Waals surface area contributed by atoms with Crippen LogP contribution in [-0.2, 0) is 0 Å². The highest BCUT2D eigenvalue weighted by atomic mass is 35.5. The van der Waals surface area contributed by atoms with E-state index in [1.807, 2.05) is 0 Å². The number of rotatable bonds is 4. The monoisotopic (exact) mass is 281 g/mol. The van der Waals surface area contributed by atoms with Crippen molar-refractivity contribution in [3.05, 3.63) is 22.8 Å². The van der Waals surface area contributed by atoms with Crippen LogP contribution in [0.25, 0.3) is 0 Å². The lowest BCUT2D eigenvalue weighted by Crippen LogP contribution is -2.28. The van der Waals surface area contributed by atoms with Crippen molar-refractivity contribution in [2.24, 2.45) is 11.8 Å². The van der Waals surface area contributed by atoms with Crippen LogP contribution in [-0.4, -0.2) is 24.5 Å². The first-order valence-electron chi connectivity index (χ1n) is 6.71.